The molecular formula is C10H18O3S. The fourth-order valence-corrected chi connectivity index (χ4v) is 3.13. The third-order valence-electron chi connectivity index (χ3n) is 2.65. The van der Waals surface area contributed by atoms with E-state index in [2.05, 4.69) is 0 Å². The van der Waals surface area contributed by atoms with Crippen molar-refractivity contribution < 1.29 is 15.0 Å². The number of aliphatic hydroxyl groups is 1. The molecule has 1 saturated carbocycles. The van der Waals surface area contributed by atoms with Crippen molar-refractivity contribution in [1.82, 2.24) is 0 Å². The molecule has 82 valence electrons. The molecule has 0 aliphatic heterocycles. The van der Waals surface area contributed by atoms with Gasteiger partial charge in [-0.25, -0.2) is 0 Å². The van der Waals surface area contributed by atoms with Crippen LogP contribution in [0.25, 0.3) is 0 Å². The lowest BCUT2D eigenvalue weighted by atomic mass is 9.97. The predicted octanol–water partition coefficient (Wildman–Crippen LogP) is 1.89. The van der Waals surface area contributed by atoms with Gasteiger partial charge >= 0.3 is 5.97 Å². The lowest BCUT2D eigenvalue weighted by Gasteiger charge is -2.28. The van der Waals surface area contributed by atoms with E-state index in [0.717, 1.165) is 25.7 Å². The minimum atomic E-state index is -0.754. The maximum absolute atomic E-state index is 10.8. The minimum absolute atomic E-state index is 0.129. The normalized spacial score (nSPS) is 29.9. The molecule has 1 aliphatic carbocycles. The van der Waals surface area contributed by atoms with Gasteiger partial charge in [-0.05, 0) is 19.3 Å². The van der Waals surface area contributed by atoms with Gasteiger partial charge in [0.05, 0.1) is 6.10 Å². The first-order valence-corrected chi connectivity index (χ1v) is 6.15. The molecule has 0 spiro atoms. The van der Waals surface area contributed by atoms with E-state index in [0.29, 0.717) is 6.42 Å². The summed E-state index contributed by atoms with van der Waals surface area (Å²) < 4.78 is 0. The molecule has 2 N–H and O–H groups in total. The minimum Gasteiger partial charge on any atom is -0.480 e. The molecular weight excluding hydrogens is 200 g/mol. The van der Waals surface area contributed by atoms with E-state index in [1.54, 1.807) is 0 Å². The maximum atomic E-state index is 10.8. The summed E-state index contributed by atoms with van der Waals surface area (Å²) in [6.45, 7) is 1.88. The molecule has 3 atom stereocenters. The number of hydrogen-bond donors (Lipinski definition) is 2. The monoisotopic (exact) mass is 218 g/mol. The van der Waals surface area contributed by atoms with Crippen molar-refractivity contribution in [3.8, 4) is 0 Å². The molecule has 14 heavy (non-hydrogen) atoms. The van der Waals surface area contributed by atoms with Crippen molar-refractivity contribution in [1.29, 1.82) is 0 Å². The van der Waals surface area contributed by atoms with Crippen LogP contribution in [-0.4, -0.2) is 32.8 Å². The topological polar surface area (TPSA) is 57.5 Å². The van der Waals surface area contributed by atoms with Gasteiger partial charge in [-0.2, -0.15) is 0 Å². The summed E-state index contributed by atoms with van der Waals surface area (Å²) in [5.41, 5.74) is 0. The number of thioether (sulfide) groups is 1. The molecule has 1 rings (SSSR count). The Bertz CT molecular complexity index is 196. The van der Waals surface area contributed by atoms with Gasteiger partial charge in [-0.15, -0.1) is 11.8 Å². The van der Waals surface area contributed by atoms with Crippen molar-refractivity contribution in [2.45, 2.75) is 55.6 Å². The molecule has 0 saturated heterocycles. The van der Waals surface area contributed by atoms with Crippen LogP contribution in [0.2, 0.25) is 0 Å². The van der Waals surface area contributed by atoms with Crippen LogP contribution in [0, 0.1) is 0 Å². The highest BCUT2D eigenvalue weighted by atomic mass is 32.2. The molecule has 0 radical (unpaired) electrons. The second kappa shape index (κ2) is 5.61. The smallest absolute Gasteiger partial charge is 0.316 e. The van der Waals surface area contributed by atoms with E-state index in [1.165, 1.54) is 11.8 Å². The van der Waals surface area contributed by atoms with Crippen molar-refractivity contribution in [3.63, 3.8) is 0 Å². The first-order chi connectivity index (χ1) is 6.65. The zero-order valence-electron chi connectivity index (χ0n) is 8.48. The van der Waals surface area contributed by atoms with Crippen LogP contribution in [0.15, 0.2) is 0 Å². The SMILES string of the molecule is CCC(SC1CCCCC1O)C(=O)O. The summed E-state index contributed by atoms with van der Waals surface area (Å²) in [6.07, 6.45) is 4.29. The zero-order chi connectivity index (χ0) is 10.6. The Hall–Kier alpha value is -0.220. The van der Waals surface area contributed by atoms with Gasteiger partial charge in [0.25, 0.3) is 0 Å². The molecule has 4 heteroatoms. The summed E-state index contributed by atoms with van der Waals surface area (Å²) in [5, 5.41) is 18.3. The number of aliphatic carboxylic acids is 1. The van der Waals surface area contributed by atoms with Gasteiger partial charge < -0.3 is 10.2 Å². The van der Waals surface area contributed by atoms with Gasteiger partial charge in [0, 0.05) is 5.25 Å². The Labute approximate surface area is 88.9 Å². The number of rotatable bonds is 4. The summed E-state index contributed by atoms with van der Waals surface area (Å²) in [7, 11) is 0. The first kappa shape index (κ1) is 11.9. The maximum Gasteiger partial charge on any atom is 0.316 e. The molecule has 0 amide bonds. The lowest BCUT2D eigenvalue weighted by Crippen LogP contribution is -2.30. The van der Waals surface area contributed by atoms with Crippen LogP contribution in [0.4, 0.5) is 0 Å². The van der Waals surface area contributed by atoms with Gasteiger partial charge in [0.15, 0.2) is 0 Å². The van der Waals surface area contributed by atoms with E-state index < -0.39 is 5.97 Å². The van der Waals surface area contributed by atoms with E-state index in [9.17, 15) is 9.90 Å². The van der Waals surface area contributed by atoms with E-state index in [-0.39, 0.29) is 16.6 Å². The lowest BCUT2D eigenvalue weighted by molar-refractivity contribution is -0.136. The molecule has 1 fully saturated rings. The Kier molecular flexibility index (Phi) is 4.75. The average molecular weight is 218 g/mol. The Morgan fingerprint density at radius 1 is 1.50 bits per heavy atom. The number of carboxylic acids is 1. The molecule has 3 unspecified atom stereocenters. The number of carbonyl (C=O) groups is 1. The third kappa shape index (κ3) is 3.17. The third-order valence-corrected chi connectivity index (χ3v) is 4.42. The largest absolute Gasteiger partial charge is 0.480 e. The average Bonchev–Trinajstić information content (AvgIpc) is 2.16. The van der Waals surface area contributed by atoms with Crippen LogP contribution in [0.1, 0.15) is 39.0 Å². The Morgan fingerprint density at radius 2 is 2.14 bits per heavy atom. The van der Waals surface area contributed by atoms with Crippen molar-refractivity contribution >= 4 is 17.7 Å². The quantitative estimate of drug-likeness (QED) is 0.756. The predicted molar refractivity (Wildman–Crippen MR) is 57.6 cm³/mol. The van der Waals surface area contributed by atoms with Gasteiger partial charge in [0.2, 0.25) is 0 Å². The first-order valence-electron chi connectivity index (χ1n) is 5.21. The van der Waals surface area contributed by atoms with Gasteiger partial charge in [0.1, 0.15) is 5.25 Å². The Balaban J connectivity index is 2.43. The second-order valence-corrected chi connectivity index (χ2v) is 5.21. The molecule has 0 aromatic carbocycles. The summed E-state index contributed by atoms with van der Waals surface area (Å²) in [6, 6.07) is 0. The van der Waals surface area contributed by atoms with Crippen LogP contribution >= 0.6 is 11.8 Å². The highest BCUT2D eigenvalue weighted by Crippen LogP contribution is 2.32. The van der Waals surface area contributed by atoms with E-state index in [1.807, 2.05) is 6.92 Å². The van der Waals surface area contributed by atoms with E-state index >= 15 is 0 Å². The molecule has 0 aromatic rings. The van der Waals surface area contributed by atoms with E-state index in [4.69, 9.17) is 5.11 Å². The molecule has 1 aliphatic rings. The van der Waals surface area contributed by atoms with Gasteiger partial charge in [-0.1, -0.05) is 19.8 Å². The highest BCUT2D eigenvalue weighted by molar-refractivity contribution is 8.01. The zero-order valence-corrected chi connectivity index (χ0v) is 9.30. The fraction of sp³-hybridized carbons (Fsp3) is 0.900. The summed E-state index contributed by atoms with van der Waals surface area (Å²) in [4.78, 5) is 10.8. The standard InChI is InChI=1S/C10H18O3S/c1-2-8(10(12)13)14-9-6-4-3-5-7(9)11/h7-9,11H,2-6H2,1H3,(H,12,13). The van der Waals surface area contributed by atoms with Crippen LogP contribution < -0.4 is 0 Å². The summed E-state index contributed by atoms with van der Waals surface area (Å²) >= 11 is 1.43. The second-order valence-electron chi connectivity index (χ2n) is 3.76. The molecule has 0 bridgehead atoms. The van der Waals surface area contributed by atoms with Crippen LogP contribution in [-0.2, 0) is 4.79 Å². The van der Waals surface area contributed by atoms with Gasteiger partial charge in [-0.3, -0.25) is 4.79 Å². The molecule has 3 nitrogen and oxygen atoms in total. The number of carboxylic acid groups (broad SMARTS) is 1. The Morgan fingerprint density at radius 3 is 2.64 bits per heavy atom. The number of hydrogen-bond acceptors (Lipinski definition) is 3. The molecule has 0 heterocycles. The highest BCUT2D eigenvalue weighted by Gasteiger charge is 2.28. The van der Waals surface area contributed by atoms with Crippen molar-refractivity contribution in [2.24, 2.45) is 0 Å². The fourth-order valence-electron chi connectivity index (χ4n) is 1.78. The number of aliphatic hydroxyl groups excluding tert-OH is 1. The van der Waals surface area contributed by atoms with Crippen molar-refractivity contribution in [2.75, 3.05) is 0 Å². The molecule has 0 aromatic heterocycles. The van der Waals surface area contributed by atoms with Crippen LogP contribution in [0.5, 0.6) is 0 Å². The summed E-state index contributed by atoms with van der Waals surface area (Å²) in [5.74, 6) is -0.754. The van der Waals surface area contributed by atoms with Crippen LogP contribution in [0.3, 0.4) is 0 Å². The van der Waals surface area contributed by atoms with Crippen molar-refractivity contribution in [3.05, 3.63) is 0 Å².